The monoisotopic (exact) mass is 411 g/mol. The van der Waals surface area contributed by atoms with Gasteiger partial charge in [0.2, 0.25) is 0 Å². The second-order valence-electron chi connectivity index (χ2n) is 7.73. The van der Waals surface area contributed by atoms with Crippen molar-refractivity contribution in [3.63, 3.8) is 0 Å². The first-order valence-electron chi connectivity index (χ1n) is 9.62. The zero-order valence-corrected chi connectivity index (χ0v) is 16.9. The number of benzene rings is 2. The highest BCUT2D eigenvalue weighted by Crippen LogP contribution is 2.30. The lowest BCUT2D eigenvalue weighted by atomic mass is 9.88. The van der Waals surface area contributed by atoms with Gasteiger partial charge in [-0.2, -0.15) is 0 Å². The van der Waals surface area contributed by atoms with Crippen LogP contribution in [-0.2, 0) is 11.3 Å². The molecule has 2 aliphatic heterocycles. The molecule has 0 aliphatic carbocycles. The van der Waals surface area contributed by atoms with Crippen LogP contribution in [0.1, 0.15) is 34.3 Å². The standard InChI is InChI=1S/C22H22ClN3O3/c1-15-4-2-5-17(12-15)19(27)25-11-3-10-22(14-25)20(28)26(21(29)24-22)13-16-6-8-18(23)9-7-16/h2,4-9,12H,3,10-11,13-14H2,1H3,(H,24,29). The van der Waals surface area contributed by atoms with Gasteiger partial charge < -0.3 is 10.2 Å². The molecule has 150 valence electrons. The molecular weight excluding hydrogens is 390 g/mol. The van der Waals surface area contributed by atoms with Gasteiger partial charge in [-0.05, 0) is 49.6 Å². The van der Waals surface area contributed by atoms with Crippen LogP contribution in [0.5, 0.6) is 0 Å². The minimum atomic E-state index is -1.05. The lowest BCUT2D eigenvalue weighted by molar-refractivity contribution is -0.133. The Labute approximate surface area is 174 Å². The highest BCUT2D eigenvalue weighted by atomic mass is 35.5. The molecule has 2 heterocycles. The molecule has 0 saturated carbocycles. The van der Waals surface area contributed by atoms with Crippen molar-refractivity contribution in [2.45, 2.75) is 31.8 Å². The Bertz CT molecular complexity index is 976. The van der Waals surface area contributed by atoms with E-state index in [9.17, 15) is 14.4 Å². The van der Waals surface area contributed by atoms with Crippen molar-refractivity contribution >= 4 is 29.4 Å². The number of urea groups is 1. The summed E-state index contributed by atoms with van der Waals surface area (Å²) in [5.41, 5.74) is 1.36. The molecule has 1 spiro atoms. The van der Waals surface area contributed by atoms with Crippen molar-refractivity contribution in [1.82, 2.24) is 15.1 Å². The predicted octanol–water partition coefficient (Wildman–Crippen LogP) is 3.38. The van der Waals surface area contributed by atoms with Crippen molar-refractivity contribution in [1.29, 1.82) is 0 Å². The van der Waals surface area contributed by atoms with Gasteiger partial charge in [-0.25, -0.2) is 4.79 Å². The molecule has 0 radical (unpaired) electrons. The van der Waals surface area contributed by atoms with Gasteiger partial charge in [-0.15, -0.1) is 0 Å². The Balaban J connectivity index is 1.53. The summed E-state index contributed by atoms with van der Waals surface area (Å²) in [4.78, 5) is 41.6. The van der Waals surface area contributed by atoms with Gasteiger partial charge in [0.25, 0.3) is 11.8 Å². The van der Waals surface area contributed by atoms with E-state index in [4.69, 9.17) is 11.6 Å². The van der Waals surface area contributed by atoms with Gasteiger partial charge in [0, 0.05) is 17.1 Å². The Morgan fingerprint density at radius 2 is 1.93 bits per heavy atom. The maximum atomic E-state index is 13.2. The number of nitrogens with zero attached hydrogens (tertiary/aromatic N) is 2. The van der Waals surface area contributed by atoms with Crippen molar-refractivity contribution in [3.8, 4) is 0 Å². The molecule has 1 atom stereocenters. The maximum Gasteiger partial charge on any atom is 0.325 e. The SMILES string of the molecule is Cc1cccc(C(=O)N2CCCC3(C2)NC(=O)N(Cc2ccc(Cl)cc2)C3=O)c1. The number of piperidine rings is 1. The van der Waals surface area contributed by atoms with Gasteiger partial charge in [0.15, 0.2) is 0 Å². The summed E-state index contributed by atoms with van der Waals surface area (Å²) in [5.74, 6) is -0.398. The second kappa shape index (κ2) is 7.52. The van der Waals surface area contributed by atoms with E-state index in [0.717, 1.165) is 11.1 Å². The summed E-state index contributed by atoms with van der Waals surface area (Å²) in [5, 5.41) is 3.46. The zero-order valence-electron chi connectivity index (χ0n) is 16.2. The van der Waals surface area contributed by atoms with Gasteiger partial charge in [-0.1, -0.05) is 41.4 Å². The van der Waals surface area contributed by atoms with E-state index in [-0.39, 0.29) is 24.9 Å². The van der Waals surface area contributed by atoms with Crippen molar-refractivity contribution < 1.29 is 14.4 Å². The lowest BCUT2D eigenvalue weighted by Crippen LogP contribution is -2.59. The van der Waals surface area contributed by atoms with Crippen LogP contribution in [0.2, 0.25) is 5.02 Å². The normalized spacial score (nSPS) is 21.6. The highest BCUT2D eigenvalue weighted by molar-refractivity contribution is 6.30. The molecule has 29 heavy (non-hydrogen) atoms. The van der Waals surface area contributed by atoms with Crippen LogP contribution in [-0.4, -0.2) is 46.3 Å². The Morgan fingerprint density at radius 3 is 2.66 bits per heavy atom. The Morgan fingerprint density at radius 1 is 1.17 bits per heavy atom. The molecular formula is C22H22ClN3O3. The number of carbonyl (C=O) groups is 3. The third-order valence-electron chi connectivity index (χ3n) is 5.54. The Kier molecular flexibility index (Phi) is 5.04. The number of nitrogens with one attached hydrogen (secondary N) is 1. The van der Waals surface area contributed by atoms with Crippen LogP contribution in [0, 0.1) is 6.92 Å². The summed E-state index contributed by atoms with van der Waals surface area (Å²) < 4.78 is 0. The predicted molar refractivity (Wildman–Crippen MR) is 110 cm³/mol. The average molecular weight is 412 g/mol. The fraction of sp³-hybridized carbons (Fsp3) is 0.318. The van der Waals surface area contributed by atoms with E-state index < -0.39 is 11.6 Å². The Hall–Kier alpha value is -2.86. The topological polar surface area (TPSA) is 69.7 Å². The summed E-state index contributed by atoms with van der Waals surface area (Å²) >= 11 is 5.91. The van der Waals surface area contributed by atoms with Crippen LogP contribution in [0.15, 0.2) is 48.5 Å². The van der Waals surface area contributed by atoms with Gasteiger partial charge in [0.05, 0.1) is 13.1 Å². The molecule has 1 unspecified atom stereocenters. The lowest BCUT2D eigenvalue weighted by Gasteiger charge is -2.38. The van der Waals surface area contributed by atoms with E-state index in [2.05, 4.69) is 5.32 Å². The highest BCUT2D eigenvalue weighted by Gasteiger charge is 2.53. The van der Waals surface area contributed by atoms with Gasteiger partial charge >= 0.3 is 6.03 Å². The molecule has 4 rings (SSSR count). The third kappa shape index (κ3) is 3.72. The summed E-state index contributed by atoms with van der Waals surface area (Å²) in [6.45, 7) is 2.86. The molecule has 2 saturated heterocycles. The molecule has 2 fully saturated rings. The van der Waals surface area contributed by atoms with Crippen LogP contribution in [0.25, 0.3) is 0 Å². The number of hydrogen-bond acceptors (Lipinski definition) is 3. The number of aryl methyl sites for hydroxylation is 1. The molecule has 1 N–H and O–H groups in total. The molecule has 2 aromatic carbocycles. The van der Waals surface area contributed by atoms with E-state index >= 15 is 0 Å². The molecule has 4 amide bonds. The molecule has 0 bridgehead atoms. The molecule has 6 nitrogen and oxygen atoms in total. The second-order valence-corrected chi connectivity index (χ2v) is 8.17. The number of hydrogen-bond donors (Lipinski definition) is 1. The van der Waals surface area contributed by atoms with Crippen LogP contribution in [0.4, 0.5) is 4.79 Å². The quantitative estimate of drug-likeness (QED) is 0.787. The maximum absolute atomic E-state index is 13.2. The fourth-order valence-electron chi connectivity index (χ4n) is 4.06. The van der Waals surface area contributed by atoms with E-state index in [1.807, 2.05) is 25.1 Å². The molecule has 0 aromatic heterocycles. The van der Waals surface area contributed by atoms with Gasteiger partial charge in [0.1, 0.15) is 5.54 Å². The summed E-state index contributed by atoms with van der Waals surface area (Å²) in [7, 11) is 0. The van der Waals surface area contributed by atoms with E-state index in [0.29, 0.717) is 30.0 Å². The van der Waals surface area contributed by atoms with Crippen molar-refractivity contribution in [3.05, 3.63) is 70.2 Å². The fourth-order valence-corrected chi connectivity index (χ4v) is 4.18. The number of likely N-dealkylation sites (tertiary alicyclic amines) is 1. The average Bonchev–Trinajstić information content (AvgIpc) is 2.93. The van der Waals surface area contributed by atoms with E-state index in [1.165, 1.54) is 4.90 Å². The van der Waals surface area contributed by atoms with Crippen LogP contribution in [0.3, 0.4) is 0 Å². The van der Waals surface area contributed by atoms with Gasteiger partial charge in [-0.3, -0.25) is 14.5 Å². The van der Waals surface area contributed by atoms with Crippen molar-refractivity contribution in [2.75, 3.05) is 13.1 Å². The molecule has 7 heteroatoms. The first-order valence-corrected chi connectivity index (χ1v) is 10.0. The van der Waals surface area contributed by atoms with Crippen LogP contribution < -0.4 is 5.32 Å². The minimum absolute atomic E-state index is 0.119. The first-order chi connectivity index (χ1) is 13.9. The third-order valence-corrected chi connectivity index (χ3v) is 5.80. The number of halogens is 1. The number of amides is 4. The molecule has 2 aromatic rings. The number of rotatable bonds is 3. The summed E-state index contributed by atoms with van der Waals surface area (Å²) in [6, 6.07) is 14.0. The van der Waals surface area contributed by atoms with Crippen LogP contribution >= 0.6 is 11.6 Å². The minimum Gasteiger partial charge on any atom is -0.336 e. The smallest absolute Gasteiger partial charge is 0.325 e. The summed E-state index contributed by atoms with van der Waals surface area (Å²) in [6.07, 6.45) is 1.17. The first kappa shape index (κ1) is 19.5. The zero-order chi connectivity index (χ0) is 20.6. The number of imide groups is 1. The molecule has 2 aliphatic rings. The van der Waals surface area contributed by atoms with E-state index in [1.54, 1.807) is 35.2 Å². The number of carbonyl (C=O) groups excluding carboxylic acids is 3. The largest absolute Gasteiger partial charge is 0.336 e. The van der Waals surface area contributed by atoms with Crippen molar-refractivity contribution in [2.24, 2.45) is 0 Å².